The Kier molecular flexibility index (Phi) is 4.10. The molecule has 0 amide bonds. The average Bonchev–Trinajstić information content (AvgIpc) is 3.23. The van der Waals surface area contributed by atoms with Crippen LogP contribution in [0, 0.1) is 0 Å². The van der Waals surface area contributed by atoms with Gasteiger partial charge in [-0.1, -0.05) is 0 Å². The second kappa shape index (κ2) is 5.56. The van der Waals surface area contributed by atoms with E-state index in [9.17, 15) is 0 Å². The summed E-state index contributed by atoms with van der Waals surface area (Å²) in [4.78, 5) is 7.87. The van der Waals surface area contributed by atoms with Crippen LogP contribution in [0.4, 0.5) is 0 Å². The molecule has 20 heavy (non-hydrogen) atoms. The van der Waals surface area contributed by atoms with Crippen molar-refractivity contribution < 1.29 is 0 Å². The van der Waals surface area contributed by atoms with Gasteiger partial charge in [-0.2, -0.15) is 0 Å². The first-order chi connectivity index (χ1) is 9.55. The minimum atomic E-state index is 0.247. The van der Waals surface area contributed by atoms with E-state index in [2.05, 4.69) is 35.7 Å². The summed E-state index contributed by atoms with van der Waals surface area (Å²) in [6.45, 7) is 6.88. The maximum Gasteiger partial charge on any atom is 0.0474 e. The van der Waals surface area contributed by atoms with E-state index in [1.165, 1.54) is 51.7 Å². The predicted octanol–water partition coefficient (Wildman–Crippen LogP) is 0.967. The Labute approximate surface area is 124 Å². The summed E-state index contributed by atoms with van der Waals surface area (Å²) in [6.07, 6.45) is 6.74. The van der Waals surface area contributed by atoms with Gasteiger partial charge in [0, 0.05) is 43.3 Å². The topological polar surface area (TPSA) is 35.7 Å². The van der Waals surface area contributed by atoms with Gasteiger partial charge < -0.3 is 10.6 Å². The molecule has 0 aromatic carbocycles. The Morgan fingerprint density at radius 2 is 2.00 bits per heavy atom. The molecule has 3 atom stereocenters. The van der Waals surface area contributed by atoms with Crippen molar-refractivity contribution in [3.63, 3.8) is 0 Å². The number of nitrogens with zero attached hydrogens (tertiary/aromatic N) is 3. The fourth-order valence-electron chi connectivity index (χ4n) is 4.44. The lowest BCUT2D eigenvalue weighted by Gasteiger charge is -2.46. The molecule has 0 bridgehead atoms. The van der Waals surface area contributed by atoms with Gasteiger partial charge in [0.15, 0.2) is 0 Å². The molecule has 2 saturated heterocycles. The van der Waals surface area contributed by atoms with Crippen LogP contribution >= 0.6 is 0 Å². The monoisotopic (exact) mass is 280 g/mol. The van der Waals surface area contributed by atoms with Gasteiger partial charge >= 0.3 is 0 Å². The van der Waals surface area contributed by atoms with Crippen molar-refractivity contribution in [2.75, 3.05) is 40.3 Å². The molecule has 2 heterocycles. The molecule has 3 unspecified atom stereocenters. The molecule has 0 aromatic heterocycles. The first-order valence-electron chi connectivity index (χ1n) is 8.43. The summed E-state index contributed by atoms with van der Waals surface area (Å²) in [5.41, 5.74) is 6.53. The molecule has 116 valence electrons. The number of likely N-dealkylation sites (N-methyl/N-ethyl adjacent to an activating group) is 1. The van der Waals surface area contributed by atoms with Crippen molar-refractivity contribution in [2.45, 2.75) is 62.7 Å². The van der Waals surface area contributed by atoms with Crippen molar-refractivity contribution in [1.29, 1.82) is 0 Å². The summed E-state index contributed by atoms with van der Waals surface area (Å²) < 4.78 is 0. The zero-order chi connectivity index (χ0) is 14.3. The van der Waals surface area contributed by atoms with E-state index in [0.717, 1.165) is 12.6 Å². The first kappa shape index (κ1) is 14.8. The minimum absolute atomic E-state index is 0.247. The predicted molar refractivity (Wildman–Crippen MR) is 83.9 cm³/mol. The molecule has 2 aliphatic heterocycles. The van der Waals surface area contributed by atoms with Crippen LogP contribution in [0.2, 0.25) is 0 Å². The molecule has 4 heteroatoms. The Hall–Kier alpha value is -0.160. The van der Waals surface area contributed by atoms with Crippen molar-refractivity contribution in [3.05, 3.63) is 0 Å². The zero-order valence-corrected chi connectivity index (χ0v) is 13.5. The summed E-state index contributed by atoms with van der Waals surface area (Å²) >= 11 is 0. The molecule has 0 radical (unpaired) electrons. The van der Waals surface area contributed by atoms with Gasteiger partial charge in [0.05, 0.1) is 0 Å². The fourth-order valence-corrected chi connectivity index (χ4v) is 4.44. The third kappa shape index (κ3) is 2.63. The highest BCUT2D eigenvalue weighted by molar-refractivity contribution is 5.07. The summed E-state index contributed by atoms with van der Waals surface area (Å²) in [6, 6.07) is 2.29. The first-order valence-corrected chi connectivity index (χ1v) is 8.43. The van der Waals surface area contributed by atoms with E-state index in [-0.39, 0.29) is 5.54 Å². The Balaban J connectivity index is 1.72. The molecule has 3 fully saturated rings. The standard InChI is InChI=1S/C16H32N4/c1-13-9-16(11-17,12-20(13)14-6-7-14)19-8-4-5-15(10-19)18(2)3/h13-15H,4-12,17H2,1-3H3. The van der Waals surface area contributed by atoms with E-state index < -0.39 is 0 Å². The number of likely N-dealkylation sites (tertiary alicyclic amines) is 2. The number of hydrogen-bond donors (Lipinski definition) is 1. The molecule has 1 saturated carbocycles. The van der Waals surface area contributed by atoms with Gasteiger partial charge in [0.2, 0.25) is 0 Å². The fraction of sp³-hybridized carbons (Fsp3) is 1.00. The SMILES string of the molecule is CC1CC(CN)(N2CCCC(N(C)C)C2)CN1C1CC1. The molecule has 4 nitrogen and oxygen atoms in total. The van der Waals surface area contributed by atoms with Crippen LogP contribution in [0.1, 0.15) is 39.0 Å². The van der Waals surface area contributed by atoms with Gasteiger partial charge in [0.1, 0.15) is 0 Å². The highest BCUT2D eigenvalue weighted by atomic mass is 15.3. The average molecular weight is 280 g/mol. The highest BCUT2D eigenvalue weighted by Crippen LogP contribution is 2.40. The van der Waals surface area contributed by atoms with Crippen LogP contribution in [-0.4, -0.2) is 78.6 Å². The number of piperidine rings is 1. The number of rotatable bonds is 4. The molecular weight excluding hydrogens is 248 g/mol. The lowest BCUT2D eigenvalue weighted by Crippen LogP contribution is -2.60. The number of nitrogens with two attached hydrogens (primary N) is 1. The third-order valence-electron chi connectivity index (χ3n) is 5.91. The highest BCUT2D eigenvalue weighted by Gasteiger charge is 2.49. The largest absolute Gasteiger partial charge is 0.329 e. The molecular formula is C16H32N4. The van der Waals surface area contributed by atoms with Crippen LogP contribution in [0.25, 0.3) is 0 Å². The van der Waals surface area contributed by atoms with Crippen molar-refractivity contribution >= 4 is 0 Å². The van der Waals surface area contributed by atoms with Crippen LogP contribution in [0.15, 0.2) is 0 Å². The summed E-state index contributed by atoms with van der Waals surface area (Å²) in [5.74, 6) is 0. The smallest absolute Gasteiger partial charge is 0.0474 e. The second-order valence-electron chi connectivity index (χ2n) is 7.59. The van der Waals surface area contributed by atoms with Gasteiger partial charge in [-0.05, 0) is 59.7 Å². The maximum absolute atomic E-state index is 6.28. The molecule has 2 N–H and O–H groups in total. The normalized spacial score (nSPS) is 40.6. The Morgan fingerprint density at radius 3 is 2.60 bits per heavy atom. The van der Waals surface area contributed by atoms with Crippen LogP contribution in [0.5, 0.6) is 0 Å². The Bertz CT molecular complexity index is 341. The van der Waals surface area contributed by atoms with Gasteiger partial charge in [0.25, 0.3) is 0 Å². The van der Waals surface area contributed by atoms with Crippen LogP contribution < -0.4 is 5.73 Å². The van der Waals surface area contributed by atoms with E-state index in [0.29, 0.717) is 12.1 Å². The van der Waals surface area contributed by atoms with E-state index in [1.807, 2.05) is 0 Å². The lowest BCUT2D eigenvalue weighted by atomic mass is 9.90. The second-order valence-corrected chi connectivity index (χ2v) is 7.59. The quantitative estimate of drug-likeness (QED) is 0.832. The molecule has 0 aromatic rings. The minimum Gasteiger partial charge on any atom is -0.329 e. The van der Waals surface area contributed by atoms with Gasteiger partial charge in [-0.25, -0.2) is 0 Å². The van der Waals surface area contributed by atoms with Crippen LogP contribution in [0.3, 0.4) is 0 Å². The molecule has 3 rings (SSSR count). The number of hydrogen-bond acceptors (Lipinski definition) is 4. The van der Waals surface area contributed by atoms with Gasteiger partial charge in [-0.3, -0.25) is 9.80 Å². The summed E-state index contributed by atoms with van der Waals surface area (Å²) in [5, 5.41) is 0. The Morgan fingerprint density at radius 1 is 1.25 bits per heavy atom. The summed E-state index contributed by atoms with van der Waals surface area (Å²) in [7, 11) is 4.44. The van der Waals surface area contributed by atoms with E-state index in [1.54, 1.807) is 0 Å². The maximum atomic E-state index is 6.28. The van der Waals surface area contributed by atoms with Crippen molar-refractivity contribution in [1.82, 2.24) is 14.7 Å². The third-order valence-corrected chi connectivity index (χ3v) is 5.91. The van der Waals surface area contributed by atoms with Crippen LogP contribution in [-0.2, 0) is 0 Å². The molecule has 1 aliphatic carbocycles. The van der Waals surface area contributed by atoms with Crippen molar-refractivity contribution in [2.24, 2.45) is 5.73 Å². The van der Waals surface area contributed by atoms with Gasteiger partial charge in [-0.15, -0.1) is 0 Å². The molecule has 3 aliphatic rings. The van der Waals surface area contributed by atoms with E-state index >= 15 is 0 Å². The zero-order valence-electron chi connectivity index (χ0n) is 13.5. The molecule has 0 spiro atoms. The lowest BCUT2D eigenvalue weighted by molar-refractivity contribution is 0.0391. The van der Waals surface area contributed by atoms with Crippen molar-refractivity contribution in [3.8, 4) is 0 Å². The van der Waals surface area contributed by atoms with E-state index in [4.69, 9.17) is 5.73 Å².